The number of nitrogens with one attached hydrogen (secondary N) is 1. The Morgan fingerprint density at radius 1 is 0.973 bits per heavy atom. The summed E-state index contributed by atoms with van der Waals surface area (Å²) in [6.45, 7) is 8.89. The lowest BCUT2D eigenvalue weighted by molar-refractivity contribution is 0.102. The molecule has 3 aromatic carbocycles. The number of nitrogens with zero attached hydrogens (tertiary/aromatic N) is 2. The van der Waals surface area contributed by atoms with Crippen molar-refractivity contribution in [3.05, 3.63) is 94.9 Å². The minimum Gasteiger partial charge on any atom is -0.493 e. The number of rotatable bonds is 7. The summed E-state index contributed by atoms with van der Waals surface area (Å²) in [4.78, 5) is 24.3. The molecule has 6 heteroatoms. The van der Waals surface area contributed by atoms with Crippen LogP contribution in [0.5, 0.6) is 5.75 Å². The molecule has 2 aromatic heterocycles. The summed E-state index contributed by atoms with van der Waals surface area (Å²) < 4.78 is 5.83. The maximum absolute atomic E-state index is 13.6. The molecule has 0 unspecified atom stereocenters. The largest absolute Gasteiger partial charge is 0.493 e. The van der Waals surface area contributed by atoms with Gasteiger partial charge in [-0.25, -0.2) is 9.97 Å². The van der Waals surface area contributed by atoms with Crippen LogP contribution in [-0.4, -0.2) is 22.5 Å². The van der Waals surface area contributed by atoms with Gasteiger partial charge in [-0.15, -0.1) is 11.3 Å². The first-order valence-corrected chi connectivity index (χ1v) is 13.3. The van der Waals surface area contributed by atoms with Crippen molar-refractivity contribution in [3.8, 4) is 28.3 Å². The van der Waals surface area contributed by atoms with E-state index in [-0.39, 0.29) is 5.91 Å². The second-order valence-corrected chi connectivity index (χ2v) is 10.4. The van der Waals surface area contributed by atoms with Crippen LogP contribution in [0.25, 0.3) is 33.4 Å². The smallest absolute Gasteiger partial charge is 0.258 e. The first kappa shape index (κ1) is 24.7. The highest BCUT2D eigenvalue weighted by Gasteiger charge is 2.18. The van der Waals surface area contributed by atoms with Gasteiger partial charge in [0.15, 0.2) is 5.13 Å². The number of aromatic nitrogens is 2. The lowest BCUT2D eigenvalue weighted by atomic mass is 10.0. The number of thiazole rings is 1. The van der Waals surface area contributed by atoms with E-state index in [2.05, 4.69) is 43.4 Å². The number of aryl methyl sites for hydroxylation is 1. The number of ether oxygens (including phenoxy) is 1. The Bertz CT molecular complexity index is 1570. The fourth-order valence-corrected chi connectivity index (χ4v) is 5.20. The van der Waals surface area contributed by atoms with Gasteiger partial charge in [-0.3, -0.25) is 10.1 Å². The van der Waals surface area contributed by atoms with Crippen LogP contribution in [0.2, 0.25) is 0 Å². The first-order valence-electron chi connectivity index (χ1n) is 12.5. The summed E-state index contributed by atoms with van der Waals surface area (Å²) in [6, 6.07) is 25.8. The van der Waals surface area contributed by atoms with Crippen molar-refractivity contribution < 1.29 is 9.53 Å². The highest BCUT2D eigenvalue weighted by Crippen LogP contribution is 2.34. The molecule has 0 saturated carbocycles. The predicted octanol–water partition coefficient (Wildman–Crippen LogP) is 8.11. The lowest BCUT2D eigenvalue weighted by Crippen LogP contribution is -2.13. The normalized spacial score (nSPS) is 11.2. The third kappa shape index (κ3) is 5.11. The molecule has 0 radical (unpaired) electrons. The van der Waals surface area contributed by atoms with Gasteiger partial charge in [0.05, 0.1) is 29.1 Å². The Kier molecular flexibility index (Phi) is 7.01. The van der Waals surface area contributed by atoms with Crippen LogP contribution in [-0.2, 0) is 0 Å². The zero-order valence-corrected chi connectivity index (χ0v) is 22.2. The molecule has 0 bridgehead atoms. The number of benzene rings is 3. The van der Waals surface area contributed by atoms with Crippen molar-refractivity contribution in [3.63, 3.8) is 0 Å². The minimum atomic E-state index is -0.218. The molecule has 0 saturated heterocycles. The fraction of sp³-hybridized carbons (Fsp3) is 0.194. The van der Waals surface area contributed by atoms with E-state index in [9.17, 15) is 4.79 Å². The van der Waals surface area contributed by atoms with Crippen LogP contribution < -0.4 is 10.1 Å². The molecule has 37 heavy (non-hydrogen) atoms. The zero-order valence-electron chi connectivity index (χ0n) is 21.4. The van der Waals surface area contributed by atoms with Crippen LogP contribution in [0, 0.1) is 6.92 Å². The quantitative estimate of drug-likeness (QED) is 0.242. The van der Waals surface area contributed by atoms with E-state index in [1.165, 1.54) is 16.9 Å². The Morgan fingerprint density at radius 3 is 2.46 bits per heavy atom. The molecule has 5 nitrogen and oxygen atoms in total. The fourth-order valence-electron chi connectivity index (χ4n) is 4.37. The Labute approximate surface area is 221 Å². The van der Waals surface area contributed by atoms with Crippen LogP contribution in [0.1, 0.15) is 47.5 Å². The lowest BCUT2D eigenvalue weighted by Gasteiger charge is -2.12. The second kappa shape index (κ2) is 10.5. The molecule has 1 N–H and O–H groups in total. The SMILES string of the molecule is CCOc1ccccc1-c1cc(C(=O)Nc2nc(-c3ccc(C(C)C)cc3)c(C)s2)c2ccccc2n1. The van der Waals surface area contributed by atoms with E-state index in [0.29, 0.717) is 28.9 Å². The molecule has 1 amide bonds. The van der Waals surface area contributed by atoms with Crippen molar-refractivity contribution in [2.75, 3.05) is 11.9 Å². The van der Waals surface area contributed by atoms with E-state index < -0.39 is 0 Å². The number of hydrogen-bond donors (Lipinski definition) is 1. The number of hydrogen-bond acceptors (Lipinski definition) is 5. The highest BCUT2D eigenvalue weighted by molar-refractivity contribution is 7.16. The summed E-state index contributed by atoms with van der Waals surface area (Å²) in [5.74, 6) is 0.994. The van der Waals surface area contributed by atoms with Crippen LogP contribution >= 0.6 is 11.3 Å². The second-order valence-electron chi connectivity index (χ2n) is 9.16. The van der Waals surface area contributed by atoms with Crippen molar-refractivity contribution >= 4 is 33.3 Å². The summed E-state index contributed by atoms with van der Waals surface area (Å²) >= 11 is 1.48. The third-order valence-corrected chi connectivity index (χ3v) is 7.18. The molecule has 5 aromatic rings. The Balaban J connectivity index is 1.50. The summed E-state index contributed by atoms with van der Waals surface area (Å²) in [5.41, 5.74) is 6.05. The van der Waals surface area contributed by atoms with Crippen molar-refractivity contribution in [1.82, 2.24) is 9.97 Å². The molecule has 0 atom stereocenters. The maximum Gasteiger partial charge on any atom is 0.258 e. The number of para-hydroxylation sites is 2. The van der Waals surface area contributed by atoms with Crippen molar-refractivity contribution in [2.45, 2.75) is 33.6 Å². The van der Waals surface area contributed by atoms with E-state index in [0.717, 1.165) is 38.4 Å². The van der Waals surface area contributed by atoms with Gasteiger partial charge >= 0.3 is 0 Å². The van der Waals surface area contributed by atoms with Crippen LogP contribution in [0.4, 0.5) is 5.13 Å². The number of anilines is 1. The molecule has 0 aliphatic rings. The van der Waals surface area contributed by atoms with Gasteiger partial charge in [0, 0.05) is 21.4 Å². The number of pyridine rings is 1. The van der Waals surface area contributed by atoms with Gasteiger partial charge in [-0.05, 0) is 49.6 Å². The maximum atomic E-state index is 13.6. The Morgan fingerprint density at radius 2 is 1.70 bits per heavy atom. The standard InChI is InChI=1S/C31H29N3O2S/c1-5-36-28-13-9-7-11-24(28)27-18-25(23-10-6-8-12-26(23)32-27)30(35)34-31-33-29(20(4)37-31)22-16-14-21(15-17-22)19(2)3/h6-19H,5H2,1-4H3,(H,33,34,35). The summed E-state index contributed by atoms with van der Waals surface area (Å²) in [5, 5.41) is 4.40. The van der Waals surface area contributed by atoms with E-state index in [1.807, 2.05) is 68.4 Å². The average molecular weight is 508 g/mol. The highest BCUT2D eigenvalue weighted by atomic mass is 32.1. The molecule has 0 aliphatic carbocycles. The van der Waals surface area contributed by atoms with E-state index in [4.69, 9.17) is 14.7 Å². The van der Waals surface area contributed by atoms with Crippen molar-refractivity contribution in [2.24, 2.45) is 0 Å². The van der Waals surface area contributed by atoms with E-state index in [1.54, 1.807) is 0 Å². The van der Waals surface area contributed by atoms with Gasteiger partial charge in [0.25, 0.3) is 5.91 Å². The molecule has 0 fully saturated rings. The number of fused-ring (bicyclic) bond motifs is 1. The molecular weight excluding hydrogens is 478 g/mol. The number of carbonyl (C=O) groups excluding carboxylic acids is 1. The first-order chi connectivity index (χ1) is 17.9. The molecule has 186 valence electrons. The third-order valence-electron chi connectivity index (χ3n) is 6.29. The van der Waals surface area contributed by atoms with Crippen molar-refractivity contribution in [1.29, 1.82) is 0 Å². The Hall–Kier alpha value is -4.03. The van der Waals surface area contributed by atoms with Gasteiger partial charge in [0.2, 0.25) is 0 Å². The van der Waals surface area contributed by atoms with Gasteiger partial charge in [0.1, 0.15) is 5.75 Å². The van der Waals surface area contributed by atoms with Crippen LogP contribution in [0.3, 0.4) is 0 Å². The topological polar surface area (TPSA) is 64.1 Å². The summed E-state index contributed by atoms with van der Waals surface area (Å²) in [6.07, 6.45) is 0. The van der Waals surface area contributed by atoms with Gasteiger partial charge < -0.3 is 4.74 Å². The predicted molar refractivity (Wildman–Crippen MR) is 153 cm³/mol. The average Bonchev–Trinajstić information content (AvgIpc) is 3.28. The monoisotopic (exact) mass is 507 g/mol. The van der Waals surface area contributed by atoms with E-state index >= 15 is 0 Å². The number of carbonyl (C=O) groups is 1. The van der Waals surface area contributed by atoms with Gasteiger partial charge in [-0.1, -0.05) is 68.4 Å². The number of amides is 1. The minimum absolute atomic E-state index is 0.218. The molecule has 2 heterocycles. The molecule has 5 rings (SSSR count). The molecule has 0 spiro atoms. The van der Waals surface area contributed by atoms with Gasteiger partial charge in [-0.2, -0.15) is 0 Å². The molecular formula is C31H29N3O2S. The molecule has 0 aliphatic heterocycles. The van der Waals surface area contributed by atoms with Crippen LogP contribution in [0.15, 0.2) is 78.9 Å². The zero-order chi connectivity index (χ0) is 25.9. The summed E-state index contributed by atoms with van der Waals surface area (Å²) in [7, 11) is 0.